The maximum atomic E-state index is 10.9. The van der Waals surface area contributed by atoms with Gasteiger partial charge in [-0.05, 0) is 0 Å². The first kappa shape index (κ1) is 21.7. The molecule has 11 heteroatoms. The van der Waals surface area contributed by atoms with E-state index in [9.17, 15) is 24.3 Å². The van der Waals surface area contributed by atoms with Gasteiger partial charge in [-0.3, -0.25) is 19.3 Å². The van der Waals surface area contributed by atoms with E-state index in [0.29, 0.717) is 4.90 Å². The monoisotopic (exact) mass is 319 g/mol. The van der Waals surface area contributed by atoms with Crippen LogP contribution in [0.25, 0.3) is 0 Å². The van der Waals surface area contributed by atoms with Crippen molar-refractivity contribution < 1.29 is 97.5 Å². The van der Waals surface area contributed by atoms with Crippen LogP contribution in [0.2, 0.25) is 0 Å². The molecule has 2 atom stereocenters. The van der Waals surface area contributed by atoms with E-state index in [-0.39, 0.29) is 52.8 Å². The molecular formula is C9H14KNO9. The van der Waals surface area contributed by atoms with Gasteiger partial charge in [0.15, 0.2) is 6.10 Å². The third-order valence-corrected chi connectivity index (χ3v) is 2.15. The summed E-state index contributed by atoms with van der Waals surface area (Å²) in [5.74, 6) is -6.40. The van der Waals surface area contributed by atoms with Gasteiger partial charge in [-0.1, -0.05) is 0 Å². The Hall–Kier alpha value is -0.564. The molecule has 5 N–H and O–H groups in total. The summed E-state index contributed by atoms with van der Waals surface area (Å²) in [5, 5.41) is 43.7. The van der Waals surface area contributed by atoms with E-state index in [1.54, 1.807) is 0 Å². The Balaban J connectivity index is -0.00000162. The fraction of sp³-hybridized carbons (Fsp3) is 0.556. The smallest absolute Gasteiger partial charge is 1.00 e. The molecule has 0 amide bonds. The van der Waals surface area contributed by atoms with Crippen LogP contribution in [0, 0.1) is 0 Å². The summed E-state index contributed by atoms with van der Waals surface area (Å²) in [7, 11) is 0. The molecule has 0 aliphatic carbocycles. The first-order valence-corrected chi connectivity index (χ1v) is 4.98. The Morgan fingerprint density at radius 3 is 1.75 bits per heavy atom. The van der Waals surface area contributed by atoms with Gasteiger partial charge in [-0.25, -0.2) is 4.79 Å². The van der Waals surface area contributed by atoms with Crippen molar-refractivity contribution in [3.63, 3.8) is 0 Å². The van der Waals surface area contributed by atoms with Crippen molar-refractivity contribution in [2.45, 2.75) is 18.6 Å². The Labute approximate surface area is 156 Å². The van der Waals surface area contributed by atoms with Crippen LogP contribution in [-0.2, 0) is 19.2 Å². The van der Waals surface area contributed by atoms with Gasteiger partial charge in [0, 0.05) is 6.54 Å². The number of aliphatic carboxylic acids is 4. The van der Waals surface area contributed by atoms with Crippen molar-refractivity contribution in [2.75, 3.05) is 13.1 Å². The van der Waals surface area contributed by atoms with Crippen molar-refractivity contribution in [1.29, 1.82) is 0 Å². The van der Waals surface area contributed by atoms with E-state index in [0.717, 1.165) is 0 Å². The molecule has 0 aliphatic heterocycles. The van der Waals surface area contributed by atoms with E-state index in [1.165, 1.54) is 0 Å². The third kappa shape index (κ3) is 7.89. The average molecular weight is 319 g/mol. The van der Waals surface area contributed by atoms with Gasteiger partial charge in [0.05, 0.1) is 13.0 Å². The normalized spacial score (nSPS) is 13.1. The van der Waals surface area contributed by atoms with Crippen LogP contribution in [-0.4, -0.2) is 79.5 Å². The molecule has 0 saturated heterocycles. The van der Waals surface area contributed by atoms with Gasteiger partial charge in [-0.15, -0.1) is 0 Å². The number of hydrogen-bond donors (Lipinski definition) is 5. The van der Waals surface area contributed by atoms with Gasteiger partial charge in [-0.2, -0.15) is 0 Å². The summed E-state index contributed by atoms with van der Waals surface area (Å²) in [6.07, 6.45) is -2.96. The average Bonchev–Trinajstić information content (AvgIpc) is 2.24. The van der Waals surface area contributed by atoms with Gasteiger partial charge in [0.2, 0.25) is 0 Å². The number of rotatable bonds is 9. The second-order valence-corrected chi connectivity index (χ2v) is 3.57. The molecule has 0 spiro atoms. The summed E-state index contributed by atoms with van der Waals surface area (Å²) >= 11 is 0. The molecule has 0 aromatic rings. The second-order valence-electron chi connectivity index (χ2n) is 3.57. The minimum Gasteiger partial charge on any atom is -1.00 e. The fourth-order valence-corrected chi connectivity index (χ4v) is 1.36. The van der Waals surface area contributed by atoms with Crippen molar-refractivity contribution in [3.05, 3.63) is 0 Å². The van der Waals surface area contributed by atoms with E-state index < -0.39 is 55.5 Å². The summed E-state index contributed by atoms with van der Waals surface area (Å²) in [5.41, 5.74) is 0. The van der Waals surface area contributed by atoms with Gasteiger partial charge in [0.1, 0.15) is 6.04 Å². The van der Waals surface area contributed by atoms with E-state index >= 15 is 0 Å². The number of carboxylic acid groups (broad SMARTS) is 4. The molecule has 0 fully saturated rings. The molecule has 0 heterocycles. The van der Waals surface area contributed by atoms with Crippen LogP contribution in [0.1, 0.15) is 7.85 Å². The summed E-state index contributed by atoms with van der Waals surface area (Å²) in [6.45, 7) is -1.43. The van der Waals surface area contributed by atoms with E-state index in [1.807, 2.05) is 0 Å². The predicted octanol–water partition coefficient (Wildman–Crippen LogP) is -5.14. The van der Waals surface area contributed by atoms with Crippen LogP contribution in [0.15, 0.2) is 0 Å². The van der Waals surface area contributed by atoms with Gasteiger partial charge in [0.25, 0.3) is 0 Å². The maximum absolute atomic E-state index is 10.9. The van der Waals surface area contributed by atoms with Crippen LogP contribution in [0.4, 0.5) is 0 Å². The molecule has 0 aliphatic rings. The Kier molecular flexibility index (Phi) is 11.1. The van der Waals surface area contributed by atoms with E-state index in [4.69, 9.17) is 20.4 Å². The van der Waals surface area contributed by atoms with Crippen LogP contribution < -0.4 is 51.4 Å². The Morgan fingerprint density at radius 1 is 0.950 bits per heavy atom. The summed E-state index contributed by atoms with van der Waals surface area (Å²) < 4.78 is 0. The maximum Gasteiger partial charge on any atom is 1.00 e. The number of aliphatic hydroxyl groups is 1. The topological polar surface area (TPSA) is 173 Å². The third-order valence-electron chi connectivity index (χ3n) is 2.15. The summed E-state index contributed by atoms with van der Waals surface area (Å²) in [4.78, 5) is 43.0. The first-order valence-electron chi connectivity index (χ1n) is 4.98. The molecular weight excluding hydrogens is 305 g/mol. The molecule has 0 radical (unpaired) electrons. The largest absolute Gasteiger partial charge is 1.00 e. The number of hydrogen-bond acceptors (Lipinski definition) is 6. The van der Waals surface area contributed by atoms with Crippen molar-refractivity contribution in [2.24, 2.45) is 0 Å². The quantitative estimate of drug-likeness (QED) is 0.259. The zero-order chi connectivity index (χ0) is 15.2. The molecule has 20 heavy (non-hydrogen) atoms. The standard InChI is InChI=1S/C9H13NO9.K.H/c11-4(12)1-2-10(3-5(13)14)6(8(16)17)7(15)9(18)19;;/h6-7,15H,1-3H2,(H,11,12)(H,13,14)(H,16,17)(H,18,19);;/q;+1;-1. The number of carbonyl (C=O) groups is 4. The second kappa shape index (κ2) is 10.2. The molecule has 0 aromatic carbocycles. The molecule has 110 valence electrons. The SMILES string of the molecule is O=C(O)CCN(CC(=O)O)C(C(=O)O)C(O)C(=O)O.[H-].[K+]. The Morgan fingerprint density at radius 2 is 1.45 bits per heavy atom. The molecule has 2 unspecified atom stereocenters. The molecule has 0 aromatic heterocycles. The number of carboxylic acids is 4. The molecule has 0 rings (SSSR count). The minimum absolute atomic E-state index is 0. The van der Waals surface area contributed by atoms with Gasteiger partial charge < -0.3 is 27.0 Å². The Bertz CT molecular complexity index is 391. The fourth-order valence-electron chi connectivity index (χ4n) is 1.36. The molecule has 10 nitrogen and oxygen atoms in total. The van der Waals surface area contributed by atoms with E-state index in [2.05, 4.69) is 0 Å². The van der Waals surface area contributed by atoms with Gasteiger partial charge >= 0.3 is 75.3 Å². The van der Waals surface area contributed by atoms with Crippen LogP contribution >= 0.6 is 0 Å². The molecule has 0 bridgehead atoms. The summed E-state index contributed by atoms with van der Waals surface area (Å²) in [6, 6.07) is -2.05. The minimum atomic E-state index is -2.37. The molecule has 0 saturated carbocycles. The van der Waals surface area contributed by atoms with Crippen molar-refractivity contribution in [1.82, 2.24) is 4.90 Å². The van der Waals surface area contributed by atoms with Crippen LogP contribution in [0.3, 0.4) is 0 Å². The zero-order valence-corrected chi connectivity index (χ0v) is 13.7. The predicted molar refractivity (Wildman–Crippen MR) is 57.6 cm³/mol. The number of aliphatic hydroxyl groups excluding tert-OH is 1. The van der Waals surface area contributed by atoms with Crippen molar-refractivity contribution in [3.8, 4) is 0 Å². The van der Waals surface area contributed by atoms with Crippen LogP contribution in [0.5, 0.6) is 0 Å². The van der Waals surface area contributed by atoms with Crippen molar-refractivity contribution >= 4 is 23.9 Å². The number of nitrogens with zero attached hydrogens (tertiary/aromatic N) is 1. The first-order chi connectivity index (χ1) is 8.66. The zero-order valence-electron chi connectivity index (χ0n) is 11.6.